The minimum Gasteiger partial charge on any atom is -0.458 e. The first-order valence-electron chi connectivity index (χ1n) is 7.97. The molecule has 0 saturated heterocycles. The monoisotopic (exact) mass is 448 g/mol. The number of halogens is 1. The van der Waals surface area contributed by atoms with Crippen LogP contribution in [0.15, 0.2) is 51.8 Å². The summed E-state index contributed by atoms with van der Waals surface area (Å²) in [6.07, 6.45) is 10.3. The van der Waals surface area contributed by atoms with Crippen molar-refractivity contribution in [1.82, 2.24) is 4.57 Å². The number of carbonyl (C=O) groups excluding carboxylic acids is 1. The smallest absolute Gasteiger partial charge is 0.353 e. The summed E-state index contributed by atoms with van der Waals surface area (Å²) in [4.78, 5) is 29.6. The molecule has 0 fully saturated rings. The van der Waals surface area contributed by atoms with Gasteiger partial charge in [-0.2, -0.15) is 0 Å². The summed E-state index contributed by atoms with van der Waals surface area (Å²) >= 11 is 1.63. The molecular formula is C18H13IN2O4. The number of aliphatic imine (C=N–C) groups is 1. The first kappa shape index (κ1) is 15.3. The van der Waals surface area contributed by atoms with Crippen LogP contribution in [0, 0.1) is 5.92 Å². The number of esters is 1. The molecule has 1 aromatic heterocycles. The van der Waals surface area contributed by atoms with Gasteiger partial charge in [-0.1, -0.05) is 30.4 Å². The van der Waals surface area contributed by atoms with Crippen LogP contribution >= 0.6 is 22.6 Å². The molecule has 1 aliphatic carbocycles. The summed E-state index contributed by atoms with van der Waals surface area (Å²) in [6.45, 7) is 0.343. The number of cyclic esters (lactones) is 1. The van der Waals surface area contributed by atoms with Gasteiger partial charge in [-0.05, 0) is 34.2 Å². The molecule has 0 saturated carbocycles. The number of hydrogen-bond acceptors (Lipinski definition) is 5. The van der Waals surface area contributed by atoms with E-state index in [2.05, 4.69) is 12.2 Å². The van der Waals surface area contributed by atoms with Crippen LogP contribution in [0.2, 0.25) is 0 Å². The molecule has 3 atom stereocenters. The van der Waals surface area contributed by atoms with Gasteiger partial charge in [-0.25, -0.2) is 4.79 Å². The molecule has 4 heterocycles. The highest BCUT2D eigenvalue weighted by atomic mass is 127. The van der Waals surface area contributed by atoms with Crippen molar-refractivity contribution in [2.24, 2.45) is 10.9 Å². The van der Waals surface area contributed by atoms with Crippen molar-refractivity contribution in [2.45, 2.75) is 22.8 Å². The second kappa shape index (κ2) is 5.01. The number of rotatable bonds is 0. The highest BCUT2D eigenvalue weighted by molar-refractivity contribution is 14.1. The fourth-order valence-corrected chi connectivity index (χ4v) is 4.43. The van der Waals surface area contributed by atoms with Crippen LogP contribution in [0.25, 0.3) is 0 Å². The number of aliphatic hydroxyl groups is 1. The lowest BCUT2D eigenvalue weighted by molar-refractivity contribution is -0.159. The van der Waals surface area contributed by atoms with Crippen LogP contribution in [0.5, 0.6) is 0 Å². The van der Waals surface area contributed by atoms with Gasteiger partial charge in [-0.15, -0.1) is 0 Å². The van der Waals surface area contributed by atoms with Crippen molar-refractivity contribution in [1.29, 1.82) is 0 Å². The molecule has 1 N–H and O–H groups in total. The van der Waals surface area contributed by atoms with E-state index in [1.165, 1.54) is 0 Å². The number of ether oxygens (including phenoxy) is 1. The molecule has 25 heavy (non-hydrogen) atoms. The fourth-order valence-electron chi connectivity index (χ4n) is 3.79. The van der Waals surface area contributed by atoms with E-state index in [0.717, 1.165) is 11.3 Å². The maximum atomic E-state index is 12.9. The first-order chi connectivity index (χ1) is 12.0. The van der Waals surface area contributed by atoms with Gasteiger partial charge >= 0.3 is 5.97 Å². The lowest BCUT2D eigenvalue weighted by Gasteiger charge is -2.28. The van der Waals surface area contributed by atoms with Crippen molar-refractivity contribution >= 4 is 34.3 Å². The largest absolute Gasteiger partial charge is 0.458 e. The lowest BCUT2D eigenvalue weighted by Crippen LogP contribution is -2.41. The van der Waals surface area contributed by atoms with E-state index < -0.39 is 9.58 Å². The van der Waals surface area contributed by atoms with Crippen LogP contribution in [0.4, 0.5) is 0 Å². The van der Waals surface area contributed by atoms with Crippen LogP contribution in [0.3, 0.4) is 0 Å². The molecule has 0 radical (unpaired) electrons. The normalized spacial score (nSPS) is 31.4. The maximum Gasteiger partial charge on any atom is 0.353 e. The molecule has 126 valence electrons. The zero-order chi connectivity index (χ0) is 17.3. The molecule has 2 unspecified atom stereocenters. The van der Waals surface area contributed by atoms with Crippen molar-refractivity contribution in [3.8, 4) is 0 Å². The predicted molar refractivity (Wildman–Crippen MR) is 98.6 cm³/mol. The fraction of sp³-hybridized carbons (Fsp3) is 0.278. The third-order valence-corrected chi connectivity index (χ3v) is 6.09. The van der Waals surface area contributed by atoms with Gasteiger partial charge in [0.1, 0.15) is 6.61 Å². The summed E-state index contributed by atoms with van der Waals surface area (Å²) in [6, 6.07) is 1.73. The first-order valence-corrected chi connectivity index (χ1v) is 9.04. The standard InChI is InChI=1S/C18H13IN2O4/c19-18(24)12-6-14-15-10(5-9-3-1-2-4-13(9)20-15)7-21(14)16(22)11(12)8-25-17(18)23/h1-6,9,13,24H,7-8H2/t9?,13?,18-/m0/s1. The Labute approximate surface area is 156 Å². The highest BCUT2D eigenvalue weighted by Crippen LogP contribution is 2.38. The van der Waals surface area contributed by atoms with Gasteiger partial charge in [0.15, 0.2) is 0 Å². The minimum absolute atomic E-state index is 0.0184. The minimum atomic E-state index is -1.85. The van der Waals surface area contributed by atoms with Crippen LogP contribution < -0.4 is 5.56 Å². The molecule has 5 rings (SSSR count). The zero-order valence-corrected chi connectivity index (χ0v) is 15.1. The van der Waals surface area contributed by atoms with Crippen LogP contribution in [0.1, 0.15) is 16.8 Å². The lowest BCUT2D eigenvalue weighted by atomic mass is 9.89. The highest BCUT2D eigenvalue weighted by Gasteiger charge is 2.45. The number of hydrogen-bond donors (Lipinski definition) is 1. The van der Waals surface area contributed by atoms with Gasteiger partial charge in [-0.3, -0.25) is 9.79 Å². The van der Waals surface area contributed by atoms with E-state index in [0.29, 0.717) is 23.4 Å². The second-order valence-electron chi connectivity index (χ2n) is 6.52. The van der Waals surface area contributed by atoms with Crippen molar-refractivity contribution < 1.29 is 14.6 Å². The SMILES string of the molecule is O=C1OCc2c(cc3n(c2=O)CC2=CC4C=CC=CC4N=C23)[C@@]1(O)I. The molecule has 0 aromatic carbocycles. The van der Waals surface area contributed by atoms with E-state index in [4.69, 9.17) is 9.73 Å². The van der Waals surface area contributed by atoms with Gasteiger partial charge < -0.3 is 14.4 Å². The van der Waals surface area contributed by atoms with Crippen LogP contribution in [-0.4, -0.2) is 27.4 Å². The average molecular weight is 448 g/mol. The number of alkyl halides is 1. The summed E-state index contributed by atoms with van der Waals surface area (Å²) in [7, 11) is 0. The van der Waals surface area contributed by atoms with E-state index in [1.807, 2.05) is 18.2 Å². The third-order valence-electron chi connectivity index (χ3n) is 5.07. The number of nitrogens with zero attached hydrogens (tertiary/aromatic N) is 2. The topological polar surface area (TPSA) is 80.9 Å². The van der Waals surface area contributed by atoms with E-state index in [-0.39, 0.29) is 24.1 Å². The van der Waals surface area contributed by atoms with Crippen molar-refractivity contribution in [2.75, 3.05) is 0 Å². The number of fused-ring (bicyclic) bond motifs is 5. The summed E-state index contributed by atoms with van der Waals surface area (Å²) < 4.78 is 4.79. The number of allylic oxidation sites excluding steroid dienone is 3. The molecule has 1 aromatic rings. The van der Waals surface area contributed by atoms with Gasteiger partial charge in [0.05, 0.1) is 29.6 Å². The second-order valence-corrected chi connectivity index (χ2v) is 8.08. The molecule has 3 aliphatic heterocycles. The average Bonchev–Trinajstić information content (AvgIpc) is 2.95. The molecular weight excluding hydrogens is 435 g/mol. The van der Waals surface area contributed by atoms with Crippen molar-refractivity contribution in [3.63, 3.8) is 0 Å². The van der Waals surface area contributed by atoms with Gasteiger partial charge in [0.25, 0.3) is 5.56 Å². The van der Waals surface area contributed by atoms with Crippen LogP contribution in [-0.2, 0) is 26.3 Å². The van der Waals surface area contributed by atoms with E-state index >= 15 is 0 Å². The molecule has 0 bridgehead atoms. The summed E-state index contributed by atoms with van der Waals surface area (Å²) in [5, 5.41) is 10.5. The Hall–Kier alpha value is -2.00. The van der Waals surface area contributed by atoms with Gasteiger partial charge in [0.2, 0.25) is 3.61 Å². The molecule has 0 spiro atoms. The zero-order valence-electron chi connectivity index (χ0n) is 13.0. The Kier molecular flexibility index (Phi) is 3.06. The molecule has 4 aliphatic rings. The number of aromatic nitrogens is 1. The number of carbonyl (C=O) groups is 1. The number of dihydropyridines is 1. The Morgan fingerprint density at radius 1 is 1.32 bits per heavy atom. The molecule has 6 nitrogen and oxygen atoms in total. The summed E-state index contributed by atoms with van der Waals surface area (Å²) in [5.74, 6) is -0.542. The van der Waals surface area contributed by atoms with E-state index in [9.17, 15) is 14.7 Å². The molecule has 0 amide bonds. The predicted octanol–water partition coefficient (Wildman–Crippen LogP) is 1.34. The Morgan fingerprint density at radius 3 is 2.96 bits per heavy atom. The Balaban J connectivity index is 1.73. The maximum absolute atomic E-state index is 12.9. The van der Waals surface area contributed by atoms with Gasteiger partial charge in [0, 0.05) is 11.5 Å². The Morgan fingerprint density at radius 2 is 2.12 bits per heavy atom. The third kappa shape index (κ3) is 2.02. The quantitative estimate of drug-likeness (QED) is 0.369. The van der Waals surface area contributed by atoms with E-state index in [1.54, 1.807) is 33.2 Å². The van der Waals surface area contributed by atoms with Crippen molar-refractivity contribution in [3.05, 3.63) is 69.2 Å². The summed E-state index contributed by atoms with van der Waals surface area (Å²) in [5.41, 5.74) is 2.84. The number of pyridine rings is 1. The Bertz CT molecular complexity index is 1010. The molecule has 7 heteroatoms.